The summed E-state index contributed by atoms with van der Waals surface area (Å²) < 4.78 is 4.76. The number of methoxy groups -OCH3 is 1. The molecule has 166 valence electrons. The van der Waals surface area contributed by atoms with E-state index in [4.69, 9.17) is 21.9 Å². The Balaban J connectivity index is 1.65. The van der Waals surface area contributed by atoms with Crippen molar-refractivity contribution in [3.8, 4) is 0 Å². The van der Waals surface area contributed by atoms with Gasteiger partial charge in [0.15, 0.2) is 5.82 Å². The summed E-state index contributed by atoms with van der Waals surface area (Å²) in [7, 11) is 1.34. The van der Waals surface area contributed by atoms with Crippen LogP contribution in [-0.2, 0) is 10.3 Å². The molecule has 1 aromatic carbocycles. The third-order valence-electron chi connectivity index (χ3n) is 5.59. The van der Waals surface area contributed by atoms with Crippen LogP contribution >= 0.6 is 0 Å². The van der Waals surface area contributed by atoms with Crippen LogP contribution < -0.4 is 22.5 Å². The fourth-order valence-corrected chi connectivity index (χ4v) is 4.04. The van der Waals surface area contributed by atoms with Crippen LogP contribution in [0.3, 0.4) is 0 Å². The number of carbonyl (C=O) groups is 1. The lowest BCUT2D eigenvalue weighted by molar-refractivity contribution is 0.0601. The summed E-state index contributed by atoms with van der Waals surface area (Å²) in [5.41, 5.74) is 18.8. The third kappa shape index (κ3) is 4.39. The van der Waals surface area contributed by atoms with E-state index in [1.54, 1.807) is 24.3 Å². The lowest BCUT2D eigenvalue weighted by Gasteiger charge is -2.41. The van der Waals surface area contributed by atoms with Gasteiger partial charge in [-0.2, -0.15) is 15.0 Å². The van der Waals surface area contributed by atoms with E-state index >= 15 is 0 Å². The van der Waals surface area contributed by atoms with Crippen LogP contribution in [0.2, 0.25) is 0 Å². The van der Waals surface area contributed by atoms with Gasteiger partial charge < -0.3 is 27.3 Å². The molecule has 0 amide bonds. The standard InChI is InChI=1S/C20H24N10O2/c1-32-16(31)11-2-4-12(5-3-11)27-14-8-20(23,17-25-9-24-10-26-17)7-6-13(14)15-28-18(21)30-19(22)29-15/h2-5,9-10,13-14,27H,6-8,23H2,1H3,(H4,21,22,28,29,30). The number of nitrogens with two attached hydrogens (primary N) is 3. The number of carbonyl (C=O) groups excluding carboxylic acids is 1. The number of esters is 1. The van der Waals surface area contributed by atoms with Gasteiger partial charge >= 0.3 is 5.97 Å². The molecule has 0 aliphatic heterocycles. The zero-order valence-electron chi connectivity index (χ0n) is 17.5. The molecule has 1 aliphatic rings. The van der Waals surface area contributed by atoms with Crippen molar-refractivity contribution >= 4 is 23.6 Å². The van der Waals surface area contributed by atoms with Crippen molar-refractivity contribution < 1.29 is 9.53 Å². The summed E-state index contributed by atoms with van der Waals surface area (Å²) in [6.45, 7) is 0. The summed E-state index contributed by atoms with van der Waals surface area (Å²) in [5, 5.41) is 3.49. The zero-order chi connectivity index (χ0) is 22.7. The van der Waals surface area contributed by atoms with E-state index in [-0.39, 0.29) is 23.9 Å². The average molecular weight is 436 g/mol. The molecule has 0 saturated heterocycles. The molecule has 2 heterocycles. The van der Waals surface area contributed by atoms with Crippen LogP contribution in [0.15, 0.2) is 36.9 Å². The summed E-state index contributed by atoms with van der Waals surface area (Å²) in [5.74, 6) is 0.608. The number of nitrogen functional groups attached to an aromatic ring is 2. The smallest absolute Gasteiger partial charge is 0.337 e. The quantitative estimate of drug-likeness (QED) is 0.408. The van der Waals surface area contributed by atoms with Crippen molar-refractivity contribution in [2.24, 2.45) is 5.73 Å². The van der Waals surface area contributed by atoms with Gasteiger partial charge in [0.25, 0.3) is 0 Å². The fourth-order valence-electron chi connectivity index (χ4n) is 4.04. The van der Waals surface area contributed by atoms with E-state index in [1.165, 1.54) is 19.8 Å². The van der Waals surface area contributed by atoms with Crippen molar-refractivity contribution in [3.05, 3.63) is 54.1 Å². The highest BCUT2D eigenvalue weighted by Gasteiger charge is 2.43. The molecule has 1 aliphatic carbocycles. The van der Waals surface area contributed by atoms with Gasteiger partial charge in [-0.1, -0.05) is 0 Å². The molecule has 3 unspecified atom stereocenters. The number of aromatic nitrogens is 6. The van der Waals surface area contributed by atoms with Gasteiger partial charge in [-0.05, 0) is 43.5 Å². The van der Waals surface area contributed by atoms with Crippen molar-refractivity contribution in [1.82, 2.24) is 29.9 Å². The van der Waals surface area contributed by atoms with Gasteiger partial charge in [-0.25, -0.2) is 19.7 Å². The van der Waals surface area contributed by atoms with E-state index in [1.807, 2.05) is 0 Å². The molecule has 3 aromatic rings. The van der Waals surface area contributed by atoms with E-state index in [9.17, 15) is 4.79 Å². The highest BCUT2D eigenvalue weighted by Crippen LogP contribution is 2.41. The van der Waals surface area contributed by atoms with Crippen LogP contribution in [0.4, 0.5) is 17.6 Å². The van der Waals surface area contributed by atoms with Gasteiger partial charge in [0.2, 0.25) is 11.9 Å². The average Bonchev–Trinajstić information content (AvgIpc) is 2.79. The van der Waals surface area contributed by atoms with Crippen LogP contribution in [0.1, 0.15) is 47.2 Å². The van der Waals surface area contributed by atoms with Gasteiger partial charge in [-0.3, -0.25) is 0 Å². The molecular formula is C20H24N10O2. The van der Waals surface area contributed by atoms with E-state index in [2.05, 4.69) is 35.2 Å². The fraction of sp³-hybridized carbons (Fsp3) is 0.350. The Labute approximate surface area is 184 Å². The largest absolute Gasteiger partial charge is 0.465 e. The summed E-state index contributed by atoms with van der Waals surface area (Å²) in [6, 6.07) is 6.78. The second-order valence-corrected chi connectivity index (χ2v) is 7.70. The minimum atomic E-state index is -0.771. The van der Waals surface area contributed by atoms with Crippen LogP contribution in [0, 0.1) is 0 Å². The Bertz CT molecular complexity index is 1080. The number of benzene rings is 1. The normalized spacial score (nSPS) is 22.8. The molecule has 12 heteroatoms. The number of nitrogens with one attached hydrogen (secondary N) is 1. The van der Waals surface area contributed by atoms with Gasteiger partial charge in [0.1, 0.15) is 18.5 Å². The predicted molar refractivity (Wildman–Crippen MR) is 116 cm³/mol. The van der Waals surface area contributed by atoms with E-state index in [0.29, 0.717) is 36.5 Å². The minimum Gasteiger partial charge on any atom is -0.465 e. The molecule has 0 radical (unpaired) electrons. The molecule has 0 spiro atoms. The molecule has 12 nitrogen and oxygen atoms in total. The maximum absolute atomic E-state index is 11.7. The van der Waals surface area contributed by atoms with Gasteiger partial charge in [-0.15, -0.1) is 0 Å². The number of hydrogen-bond acceptors (Lipinski definition) is 12. The van der Waals surface area contributed by atoms with Crippen molar-refractivity contribution in [1.29, 1.82) is 0 Å². The first-order valence-electron chi connectivity index (χ1n) is 10.0. The molecule has 1 saturated carbocycles. The van der Waals surface area contributed by atoms with Gasteiger partial charge in [0, 0.05) is 17.6 Å². The molecule has 32 heavy (non-hydrogen) atoms. The Kier molecular flexibility index (Phi) is 5.77. The lowest BCUT2D eigenvalue weighted by atomic mass is 9.73. The van der Waals surface area contributed by atoms with E-state index in [0.717, 1.165) is 5.69 Å². The van der Waals surface area contributed by atoms with Crippen LogP contribution in [-0.4, -0.2) is 49.0 Å². The summed E-state index contributed by atoms with van der Waals surface area (Å²) in [4.78, 5) is 36.7. The number of hydrogen-bond donors (Lipinski definition) is 4. The molecule has 1 fully saturated rings. The zero-order valence-corrected chi connectivity index (χ0v) is 17.5. The number of nitrogens with zero attached hydrogens (tertiary/aromatic N) is 6. The second kappa shape index (κ2) is 8.67. The van der Waals surface area contributed by atoms with Gasteiger partial charge in [0.05, 0.1) is 18.2 Å². The van der Waals surface area contributed by atoms with Crippen molar-refractivity contribution in [2.75, 3.05) is 23.9 Å². The Hall–Kier alpha value is -3.93. The number of rotatable bonds is 5. The monoisotopic (exact) mass is 436 g/mol. The number of anilines is 3. The number of ether oxygens (including phenoxy) is 1. The summed E-state index contributed by atoms with van der Waals surface area (Å²) >= 11 is 0. The lowest BCUT2D eigenvalue weighted by Crippen LogP contribution is -2.49. The maximum atomic E-state index is 11.7. The molecule has 2 aromatic heterocycles. The SMILES string of the molecule is COC(=O)c1ccc(NC2CC(N)(c3ncncn3)CCC2c2nc(N)nc(N)n2)cc1. The topological polar surface area (TPSA) is 194 Å². The Morgan fingerprint density at radius 3 is 2.38 bits per heavy atom. The molecule has 0 bridgehead atoms. The van der Waals surface area contributed by atoms with Crippen molar-refractivity contribution in [3.63, 3.8) is 0 Å². The van der Waals surface area contributed by atoms with E-state index < -0.39 is 11.5 Å². The van der Waals surface area contributed by atoms with Crippen LogP contribution in [0.5, 0.6) is 0 Å². The first kappa shape index (κ1) is 21.3. The summed E-state index contributed by atoms with van der Waals surface area (Å²) in [6.07, 6.45) is 4.61. The predicted octanol–water partition coefficient (Wildman–Crippen LogP) is 0.610. The van der Waals surface area contributed by atoms with Crippen LogP contribution in [0.25, 0.3) is 0 Å². The first-order chi connectivity index (χ1) is 15.4. The highest BCUT2D eigenvalue weighted by molar-refractivity contribution is 5.89. The second-order valence-electron chi connectivity index (χ2n) is 7.70. The molecule has 7 N–H and O–H groups in total. The molecule has 4 rings (SSSR count). The highest BCUT2D eigenvalue weighted by atomic mass is 16.5. The third-order valence-corrected chi connectivity index (χ3v) is 5.59. The molecular weight excluding hydrogens is 412 g/mol. The Morgan fingerprint density at radius 2 is 1.75 bits per heavy atom. The minimum absolute atomic E-state index is 0.0655. The maximum Gasteiger partial charge on any atom is 0.337 e. The Morgan fingerprint density at radius 1 is 1.09 bits per heavy atom. The molecule has 3 atom stereocenters. The first-order valence-corrected chi connectivity index (χ1v) is 10.0. The van der Waals surface area contributed by atoms with Crippen molar-refractivity contribution in [2.45, 2.75) is 36.8 Å².